The Labute approximate surface area is 125 Å². The highest BCUT2D eigenvalue weighted by atomic mass is 32.1. The largest absolute Gasteiger partial charge is 0.360 e. The van der Waals surface area contributed by atoms with Gasteiger partial charge < -0.3 is 10.6 Å². The number of nitrogens with one attached hydrogen (secondary N) is 4. The van der Waals surface area contributed by atoms with Gasteiger partial charge in [0, 0.05) is 24.3 Å². The van der Waals surface area contributed by atoms with E-state index in [2.05, 4.69) is 52.7 Å². The van der Waals surface area contributed by atoms with Gasteiger partial charge in [0.15, 0.2) is 5.11 Å². The number of anilines is 1. The van der Waals surface area contributed by atoms with Crippen molar-refractivity contribution >= 4 is 23.0 Å². The molecular formula is C15H22N4S. The molecule has 4 N–H and O–H groups in total. The standard InChI is InChI=1S/C15H22N4S/c1-10-2-5-12(6-3-10)17-15(20)18-13-7-4-11-9-16-19-14(11)8-13/h2-3,5-6,11,13-14,16,19H,4,7-9H2,1H3,(H2,17,18,20). The minimum absolute atomic E-state index is 0.467. The molecule has 0 amide bonds. The number of benzene rings is 1. The van der Waals surface area contributed by atoms with Crippen LogP contribution in [-0.4, -0.2) is 23.7 Å². The highest BCUT2D eigenvalue weighted by Crippen LogP contribution is 2.26. The van der Waals surface area contributed by atoms with Gasteiger partial charge in [-0.15, -0.1) is 0 Å². The average molecular weight is 290 g/mol. The number of aryl methyl sites for hydroxylation is 1. The zero-order valence-corrected chi connectivity index (χ0v) is 12.6. The molecule has 3 unspecified atom stereocenters. The van der Waals surface area contributed by atoms with E-state index in [9.17, 15) is 0 Å². The van der Waals surface area contributed by atoms with Gasteiger partial charge in [-0.25, -0.2) is 0 Å². The van der Waals surface area contributed by atoms with Gasteiger partial charge in [-0.3, -0.25) is 10.9 Å². The van der Waals surface area contributed by atoms with Crippen LogP contribution in [0, 0.1) is 12.8 Å². The molecule has 2 aliphatic rings. The fourth-order valence-electron chi connectivity index (χ4n) is 3.10. The quantitative estimate of drug-likeness (QED) is 0.627. The van der Waals surface area contributed by atoms with Crippen molar-refractivity contribution in [1.82, 2.24) is 16.2 Å². The van der Waals surface area contributed by atoms with Crippen LogP contribution in [-0.2, 0) is 0 Å². The molecule has 2 fully saturated rings. The van der Waals surface area contributed by atoms with Crippen LogP contribution in [0.3, 0.4) is 0 Å². The van der Waals surface area contributed by atoms with E-state index in [1.54, 1.807) is 0 Å². The first-order chi connectivity index (χ1) is 9.70. The van der Waals surface area contributed by atoms with E-state index in [-0.39, 0.29) is 0 Å². The summed E-state index contributed by atoms with van der Waals surface area (Å²) in [7, 11) is 0. The lowest BCUT2D eigenvalue weighted by Gasteiger charge is -2.32. The summed E-state index contributed by atoms with van der Waals surface area (Å²) in [5.74, 6) is 0.784. The lowest BCUT2D eigenvalue weighted by atomic mass is 9.83. The maximum absolute atomic E-state index is 5.41. The van der Waals surface area contributed by atoms with E-state index in [0.717, 1.165) is 29.7 Å². The fraction of sp³-hybridized carbons (Fsp3) is 0.533. The molecule has 0 bridgehead atoms. The second-order valence-corrected chi connectivity index (χ2v) is 6.27. The maximum Gasteiger partial charge on any atom is 0.170 e. The van der Waals surface area contributed by atoms with Crippen molar-refractivity contribution in [3.05, 3.63) is 29.8 Å². The molecule has 0 spiro atoms. The molecule has 1 aromatic rings. The molecule has 1 saturated heterocycles. The van der Waals surface area contributed by atoms with Gasteiger partial charge in [0.25, 0.3) is 0 Å². The number of rotatable bonds is 2. The monoisotopic (exact) mass is 290 g/mol. The van der Waals surface area contributed by atoms with Crippen molar-refractivity contribution in [3.63, 3.8) is 0 Å². The molecule has 1 aliphatic heterocycles. The summed E-state index contributed by atoms with van der Waals surface area (Å²) in [6.07, 6.45) is 3.59. The lowest BCUT2D eigenvalue weighted by molar-refractivity contribution is 0.290. The van der Waals surface area contributed by atoms with Crippen molar-refractivity contribution < 1.29 is 0 Å². The second kappa shape index (κ2) is 6.08. The van der Waals surface area contributed by atoms with Crippen molar-refractivity contribution in [3.8, 4) is 0 Å². The Morgan fingerprint density at radius 3 is 2.85 bits per heavy atom. The van der Waals surface area contributed by atoms with E-state index in [1.807, 2.05) is 0 Å². The summed E-state index contributed by atoms with van der Waals surface area (Å²) in [5, 5.41) is 7.43. The first kappa shape index (κ1) is 13.8. The fourth-order valence-corrected chi connectivity index (χ4v) is 3.38. The molecule has 4 nitrogen and oxygen atoms in total. The summed E-state index contributed by atoms with van der Waals surface area (Å²) in [5.41, 5.74) is 8.92. The van der Waals surface area contributed by atoms with Crippen LogP contribution in [0.25, 0.3) is 0 Å². The predicted octanol–water partition coefficient (Wildman–Crippen LogP) is 1.93. The molecule has 1 aliphatic carbocycles. The number of thiocarbonyl (C=S) groups is 1. The van der Waals surface area contributed by atoms with E-state index < -0.39 is 0 Å². The van der Waals surface area contributed by atoms with Gasteiger partial charge in [-0.05, 0) is 56.5 Å². The number of hydrogen-bond acceptors (Lipinski definition) is 3. The minimum Gasteiger partial charge on any atom is -0.360 e. The van der Waals surface area contributed by atoms with E-state index >= 15 is 0 Å². The second-order valence-electron chi connectivity index (χ2n) is 5.87. The van der Waals surface area contributed by atoms with Gasteiger partial charge in [0.1, 0.15) is 0 Å². The number of fused-ring (bicyclic) bond motifs is 1. The third-order valence-electron chi connectivity index (χ3n) is 4.29. The topological polar surface area (TPSA) is 48.1 Å². The minimum atomic E-state index is 0.467. The average Bonchev–Trinajstić information content (AvgIpc) is 2.89. The van der Waals surface area contributed by atoms with Crippen LogP contribution < -0.4 is 21.5 Å². The van der Waals surface area contributed by atoms with Gasteiger partial charge in [0.05, 0.1) is 0 Å². The highest BCUT2D eigenvalue weighted by Gasteiger charge is 2.33. The third-order valence-corrected chi connectivity index (χ3v) is 4.51. The van der Waals surface area contributed by atoms with Crippen molar-refractivity contribution in [2.45, 2.75) is 38.3 Å². The van der Waals surface area contributed by atoms with Crippen LogP contribution in [0.5, 0.6) is 0 Å². The molecule has 3 rings (SSSR count). The summed E-state index contributed by atoms with van der Waals surface area (Å²) in [6, 6.07) is 9.34. The van der Waals surface area contributed by atoms with Gasteiger partial charge in [-0.2, -0.15) is 0 Å². The van der Waals surface area contributed by atoms with Gasteiger partial charge in [0.2, 0.25) is 0 Å². The Hall–Kier alpha value is -1.17. The SMILES string of the molecule is Cc1ccc(NC(=S)NC2CCC3CNNC3C2)cc1. The zero-order valence-electron chi connectivity index (χ0n) is 11.8. The number of hydrogen-bond donors (Lipinski definition) is 4. The summed E-state index contributed by atoms with van der Waals surface area (Å²) in [6.45, 7) is 3.19. The Balaban J connectivity index is 1.50. The van der Waals surface area contributed by atoms with Crippen LogP contribution in [0.15, 0.2) is 24.3 Å². The predicted molar refractivity (Wildman–Crippen MR) is 86.6 cm³/mol. The third kappa shape index (κ3) is 3.29. The van der Waals surface area contributed by atoms with Gasteiger partial charge in [-0.1, -0.05) is 17.7 Å². The molecule has 1 heterocycles. The molecule has 0 aromatic heterocycles. The van der Waals surface area contributed by atoms with Crippen molar-refractivity contribution in [2.24, 2.45) is 5.92 Å². The molecule has 1 aromatic carbocycles. The normalized spacial score (nSPS) is 28.8. The lowest BCUT2D eigenvalue weighted by Crippen LogP contribution is -2.46. The molecule has 108 valence electrons. The molecule has 1 saturated carbocycles. The Morgan fingerprint density at radius 1 is 1.25 bits per heavy atom. The van der Waals surface area contributed by atoms with E-state index in [0.29, 0.717) is 12.1 Å². The van der Waals surface area contributed by atoms with Crippen LogP contribution in [0.1, 0.15) is 24.8 Å². The molecule has 20 heavy (non-hydrogen) atoms. The molecule has 3 atom stereocenters. The van der Waals surface area contributed by atoms with Crippen molar-refractivity contribution in [1.29, 1.82) is 0 Å². The summed E-state index contributed by atoms with van der Waals surface area (Å²) in [4.78, 5) is 0. The first-order valence-electron chi connectivity index (χ1n) is 7.33. The molecule has 5 heteroatoms. The number of hydrazine groups is 1. The van der Waals surface area contributed by atoms with E-state index in [1.165, 1.54) is 18.4 Å². The molecular weight excluding hydrogens is 268 g/mol. The zero-order chi connectivity index (χ0) is 13.9. The summed E-state index contributed by atoms with van der Waals surface area (Å²) >= 11 is 5.41. The van der Waals surface area contributed by atoms with Crippen LogP contribution in [0.2, 0.25) is 0 Å². The Morgan fingerprint density at radius 2 is 2.05 bits per heavy atom. The van der Waals surface area contributed by atoms with Crippen LogP contribution in [0.4, 0.5) is 5.69 Å². The van der Waals surface area contributed by atoms with Crippen molar-refractivity contribution in [2.75, 3.05) is 11.9 Å². The first-order valence-corrected chi connectivity index (χ1v) is 7.74. The molecule has 0 radical (unpaired) electrons. The maximum atomic E-state index is 5.41. The van der Waals surface area contributed by atoms with E-state index in [4.69, 9.17) is 12.2 Å². The van der Waals surface area contributed by atoms with Crippen LogP contribution >= 0.6 is 12.2 Å². The highest BCUT2D eigenvalue weighted by molar-refractivity contribution is 7.80. The van der Waals surface area contributed by atoms with Gasteiger partial charge >= 0.3 is 0 Å². The Bertz CT molecular complexity index is 473. The smallest absolute Gasteiger partial charge is 0.170 e. The Kier molecular flexibility index (Phi) is 4.19. The summed E-state index contributed by atoms with van der Waals surface area (Å²) < 4.78 is 0.